The smallest absolute Gasteiger partial charge is 0.00947 e. The van der Waals surface area contributed by atoms with E-state index in [1.165, 1.54) is 73.2 Å². The molecule has 4 aromatic rings. The van der Waals surface area contributed by atoms with E-state index in [0.29, 0.717) is 11.8 Å². The van der Waals surface area contributed by atoms with Gasteiger partial charge in [0.05, 0.1) is 0 Å². The minimum absolute atomic E-state index is 0.415. The summed E-state index contributed by atoms with van der Waals surface area (Å²) in [4.78, 5) is 0. The zero-order valence-electron chi connectivity index (χ0n) is 32.2. The van der Waals surface area contributed by atoms with Crippen LogP contribution in [0.5, 0.6) is 0 Å². The summed E-state index contributed by atoms with van der Waals surface area (Å²) in [5, 5.41) is 0. The van der Waals surface area contributed by atoms with Crippen LogP contribution in [0, 0.1) is 55.4 Å². The molecule has 248 valence electrons. The predicted molar refractivity (Wildman–Crippen MR) is 207 cm³/mol. The summed E-state index contributed by atoms with van der Waals surface area (Å²) in [5.41, 5.74) is 16.9. The van der Waals surface area contributed by atoms with Gasteiger partial charge in [0, 0.05) is 11.8 Å². The molecule has 0 fully saturated rings. The zero-order valence-corrected chi connectivity index (χ0v) is 32.2. The van der Waals surface area contributed by atoms with Gasteiger partial charge in [0.25, 0.3) is 0 Å². The molecule has 0 aliphatic carbocycles. The van der Waals surface area contributed by atoms with Gasteiger partial charge in [-0.3, -0.25) is 0 Å². The normalized spacial score (nSPS) is 10.0. The van der Waals surface area contributed by atoms with E-state index < -0.39 is 0 Å². The van der Waals surface area contributed by atoms with E-state index in [1.807, 2.05) is 55.4 Å². The second-order valence-electron chi connectivity index (χ2n) is 11.5. The SMILES string of the molecule is CC.CC.CC.CC.Cc1ccc(C)c(C(CCCC(c2cc(C)ccc2C)c2cc(C)ccc2C)c2cc(C)ccc2C)c1. The van der Waals surface area contributed by atoms with E-state index in [2.05, 4.69) is 128 Å². The first kappa shape index (κ1) is 41.9. The molecule has 0 aromatic heterocycles. The van der Waals surface area contributed by atoms with E-state index >= 15 is 0 Å². The standard InChI is InChI=1S/C37H44.4C2H6/c1-24-12-16-28(5)34(20-24)32(35-21-25(2)13-17-29(35)6)10-9-11-33(36-22-26(3)14-18-30(36)7)37-23-27(4)15-19-31(37)8;4*1-2/h12-23,32-33H,9-11H2,1-8H3;4*1-2H3. The van der Waals surface area contributed by atoms with Gasteiger partial charge in [-0.1, -0.05) is 157 Å². The Morgan fingerprint density at radius 1 is 0.333 bits per heavy atom. The number of rotatable bonds is 8. The molecular formula is C45H68. The van der Waals surface area contributed by atoms with Crippen molar-refractivity contribution in [2.45, 2.75) is 142 Å². The average Bonchev–Trinajstić information content (AvgIpc) is 3.06. The lowest BCUT2D eigenvalue weighted by Gasteiger charge is -2.26. The lowest BCUT2D eigenvalue weighted by molar-refractivity contribution is 0.585. The Hall–Kier alpha value is -3.12. The third-order valence-electron chi connectivity index (χ3n) is 8.23. The molecule has 0 unspecified atom stereocenters. The number of aryl methyl sites for hydroxylation is 8. The molecule has 0 N–H and O–H groups in total. The first-order valence-electron chi connectivity index (χ1n) is 17.9. The lowest BCUT2D eigenvalue weighted by Crippen LogP contribution is -2.10. The Balaban J connectivity index is 0.00000224. The second kappa shape index (κ2) is 22.4. The molecule has 0 aliphatic heterocycles. The lowest BCUT2D eigenvalue weighted by atomic mass is 9.78. The topological polar surface area (TPSA) is 0 Å². The third kappa shape index (κ3) is 12.3. The van der Waals surface area contributed by atoms with E-state index in [9.17, 15) is 0 Å². The first-order chi connectivity index (χ1) is 21.6. The largest absolute Gasteiger partial charge is 0.0683 e. The predicted octanol–water partition coefficient (Wildman–Crippen LogP) is 14.4. The van der Waals surface area contributed by atoms with Gasteiger partial charge in [0.2, 0.25) is 0 Å². The fraction of sp³-hybridized carbons (Fsp3) is 0.467. The Kier molecular flexibility index (Phi) is 20.8. The molecule has 0 nitrogen and oxygen atoms in total. The number of hydrogen-bond donors (Lipinski definition) is 0. The molecule has 0 heteroatoms. The highest BCUT2D eigenvalue weighted by Gasteiger charge is 2.22. The summed E-state index contributed by atoms with van der Waals surface area (Å²) in [6.07, 6.45) is 3.48. The molecule has 0 spiro atoms. The molecule has 0 amide bonds. The van der Waals surface area contributed by atoms with Crippen LogP contribution >= 0.6 is 0 Å². The van der Waals surface area contributed by atoms with Gasteiger partial charge in [0.15, 0.2) is 0 Å². The van der Waals surface area contributed by atoms with Crippen molar-refractivity contribution in [1.29, 1.82) is 0 Å². The van der Waals surface area contributed by atoms with Crippen LogP contribution in [-0.4, -0.2) is 0 Å². The fourth-order valence-electron chi connectivity index (χ4n) is 6.02. The Labute approximate surface area is 280 Å². The van der Waals surface area contributed by atoms with Crippen molar-refractivity contribution in [3.05, 3.63) is 140 Å². The van der Waals surface area contributed by atoms with Crippen molar-refractivity contribution in [3.63, 3.8) is 0 Å². The van der Waals surface area contributed by atoms with Crippen LogP contribution in [-0.2, 0) is 0 Å². The third-order valence-corrected chi connectivity index (χ3v) is 8.23. The van der Waals surface area contributed by atoms with Crippen LogP contribution in [0.2, 0.25) is 0 Å². The minimum Gasteiger partial charge on any atom is -0.0683 e. The Morgan fingerprint density at radius 2 is 0.533 bits per heavy atom. The molecule has 45 heavy (non-hydrogen) atoms. The van der Waals surface area contributed by atoms with Gasteiger partial charge >= 0.3 is 0 Å². The van der Waals surface area contributed by atoms with Gasteiger partial charge in [-0.15, -0.1) is 0 Å². The maximum atomic E-state index is 2.43. The summed E-state index contributed by atoms with van der Waals surface area (Å²) in [6, 6.07) is 27.9. The Bertz CT molecular complexity index is 1180. The maximum Gasteiger partial charge on any atom is 0.00947 e. The van der Waals surface area contributed by atoms with Gasteiger partial charge < -0.3 is 0 Å². The van der Waals surface area contributed by atoms with Crippen molar-refractivity contribution in [1.82, 2.24) is 0 Å². The van der Waals surface area contributed by atoms with Crippen LogP contribution < -0.4 is 0 Å². The van der Waals surface area contributed by atoms with Crippen molar-refractivity contribution in [3.8, 4) is 0 Å². The summed E-state index contributed by atoms with van der Waals surface area (Å²) in [7, 11) is 0. The number of hydrogen-bond acceptors (Lipinski definition) is 0. The fourth-order valence-corrected chi connectivity index (χ4v) is 6.02. The first-order valence-corrected chi connectivity index (χ1v) is 17.9. The summed E-state index contributed by atoms with van der Waals surface area (Å²) in [5.74, 6) is 0.829. The van der Waals surface area contributed by atoms with E-state index in [-0.39, 0.29) is 0 Å². The minimum atomic E-state index is 0.415. The highest BCUT2D eigenvalue weighted by Crippen LogP contribution is 2.39. The van der Waals surface area contributed by atoms with Crippen LogP contribution in [0.3, 0.4) is 0 Å². The molecule has 0 bridgehead atoms. The average molecular weight is 609 g/mol. The molecule has 0 saturated heterocycles. The number of benzene rings is 4. The Morgan fingerprint density at radius 3 is 0.733 bits per heavy atom. The van der Waals surface area contributed by atoms with Crippen molar-refractivity contribution < 1.29 is 0 Å². The van der Waals surface area contributed by atoms with Gasteiger partial charge in [-0.05, 0) is 113 Å². The van der Waals surface area contributed by atoms with Gasteiger partial charge in [-0.25, -0.2) is 0 Å². The van der Waals surface area contributed by atoms with Crippen molar-refractivity contribution >= 4 is 0 Å². The van der Waals surface area contributed by atoms with E-state index in [4.69, 9.17) is 0 Å². The molecule has 4 rings (SSSR count). The highest BCUT2D eigenvalue weighted by atomic mass is 14.3. The van der Waals surface area contributed by atoms with Crippen LogP contribution in [0.25, 0.3) is 0 Å². The van der Waals surface area contributed by atoms with E-state index in [1.54, 1.807) is 0 Å². The second-order valence-corrected chi connectivity index (χ2v) is 11.5. The van der Waals surface area contributed by atoms with E-state index in [0.717, 1.165) is 12.8 Å². The summed E-state index contributed by atoms with van der Waals surface area (Å²) >= 11 is 0. The maximum absolute atomic E-state index is 2.43. The molecule has 4 aromatic carbocycles. The van der Waals surface area contributed by atoms with Crippen LogP contribution in [0.1, 0.15) is 153 Å². The van der Waals surface area contributed by atoms with Crippen molar-refractivity contribution in [2.75, 3.05) is 0 Å². The monoisotopic (exact) mass is 609 g/mol. The molecule has 0 radical (unpaired) electrons. The summed E-state index contributed by atoms with van der Waals surface area (Å²) in [6.45, 7) is 34.0. The van der Waals surface area contributed by atoms with Crippen LogP contribution in [0.15, 0.2) is 72.8 Å². The van der Waals surface area contributed by atoms with Crippen molar-refractivity contribution in [2.24, 2.45) is 0 Å². The molecule has 0 heterocycles. The quantitative estimate of drug-likeness (QED) is 0.187. The van der Waals surface area contributed by atoms with Gasteiger partial charge in [-0.2, -0.15) is 0 Å². The molecule has 0 saturated carbocycles. The molecular weight excluding hydrogens is 540 g/mol. The molecule has 0 atom stereocenters. The summed E-state index contributed by atoms with van der Waals surface area (Å²) < 4.78 is 0. The van der Waals surface area contributed by atoms with Gasteiger partial charge in [0.1, 0.15) is 0 Å². The highest BCUT2D eigenvalue weighted by molar-refractivity contribution is 5.45. The molecule has 0 aliphatic rings. The van der Waals surface area contributed by atoms with Crippen LogP contribution in [0.4, 0.5) is 0 Å². The zero-order chi connectivity index (χ0) is 34.7.